The molecule has 0 saturated carbocycles. The second-order valence-electron chi connectivity index (χ2n) is 2.89. The molecule has 0 aliphatic heterocycles. The monoisotopic (exact) mass is 337 g/mol. The van der Waals surface area contributed by atoms with Crippen molar-refractivity contribution in [2.24, 2.45) is 0 Å². The minimum Gasteiger partial charge on any atom is -0.748 e. The Morgan fingerprint density at radius 2 is 0.688 bits per heavy atom. The van der Waals surface area contributed by atoms with Crippen molar-refractivity contribution in [3.05, 3.63) is 91.0 Å². The van der Waals surface area contributed by atoms with E-state index >= 15 is 0 Å². The maximum Gasteiger partial charge on any atom is 0 e. The van der Waals surface area contributed by atoms with Gasteiger partial charge in [0.1, 0.15) is 0 Å². The average Bonchev–Trinajstić information content (AvgIpc) is 3.09. The average molecular weight is 340 g/mol. The molecule has 0 N–H and O–H groups in total. The summed E-state index contributed by atoms with van der Waals surface area (Å²) in [6.07, 6.45) is 0. The molecule has 0 radical (unpaired) electrons. The van der Waals surface area contributed by atoms with Gasteiger partial charge < -0.3 is 30.3 Å². The molecular weight excluding hydrogens is 324 g/mol. The molecule has 0 saturated heterocycles. The van der Waals surface area contributed by atoms with E-state index in [2.05, 4.69) is 0 Å². The summed E-state index contributed by atoms with van der Waals surface area (Å²) in [5.74, 6) is 0. The molecule has 0 aromatic heterocycles. The maximum absolute atomic E-state index is 2.00. The van der Waals surface area contributed by atoms with Crippen LogP contribution in [0.25, 0.3) is 0 Å². The number of rotatable bonds is 0. The minimum atomic E-state index is 0. The van der Waals surface area contributed by atoms with Gasteiger partial charge in [0.15, 0.2) is 0 Å². The molecule has 3 aromatic carbocycles. The predicted octanol–water partition coefficient (Wildman–Crippen LogP) is 4.22. The molecule has 0 atom stereocenters. The molecule has 0 aliphatic rings. The Balaban J connectivity index is 0.000000205. The van der Waals surface area contributed by atoms with E-state index in [0.29, 0.717) is 0 Å². The van der Waals surface area contributed by atoms with E-state index in [9.17, 15) is 0 Å². The molecule has 0 aliphatic carbocycles. The van der Waals surface area contributed by atoms with Crippen molar-refractivity contribution < 1.29 is 40.8 Å². The molecule has 86 valence electrons. The Bertz CT molecular complexity index is 237. The van der Waals surface area contributed by atoms with Crippen LogP contribution >= 0.6 is 0 Å². The van der Waals surface area contributed by atoms with Crippen molar-refractivity contribution in [2.75, 3.05) is 0 Å². The van der Waals surface area contributed by atoms with Crippen LogP contribution < -0.4 is 0 Å². The first-order valence-corrected chi connectivity index (χ1v) is 5.00. The summed E-state index contributed by atoms with van der Waals surface area (Å²) in [5.41, 5.74) is 0. The molecule has 0 nitrogen and oxygen atoms in total. The van der Waals surface area contributed by atoms with Crippen LogP contribution in [0.3, 0.4) is 0 Å². The first kappa shape index (κ1) is 15.4. The molecule has 3 aromatic rings. The summed E-state index contributed by atoms with van der Waals surface area (Å²) in [5, 5.41) is 0. The normalized spacial score (nSPS) is 7.50. The molecular formula is C15H15Nd-7. The quantitative estimate of drug-likeness (QED) is 0.538. The zero-order valence-corrected chi connectivity index (χ0v) is 12.4. The van der Waals surface area contributed by atoms with E-state index in [1.807, 2.05) is 91.0 Å². The van der Waals surface area contributed by atoms with Gasteiger partial charge in [0.2, 0.25) is 0 Å². The second kappa shape index (κ2) is 12.5. The summed E-state index contributed by atoms with van der Waals surface area (Å²) in [4.78, 5) is 0. The van der Waals surface area contributed by atoms with Gasteiger partial charge in [-0.15, -0.1) is 0 Å². The smallest absolute Gasteiger partial charge is 0 e. The van der Waals surface area contributed by atoms with Gasteiger partial charge in [-0.3, -0.25) is 0 Å². The Labute approximate surface area is 131 Å². The molecule has 0 spiro atoms. The summed E-state index contributed by atoms with van der Waals surface area (Å²) >= 11 is 0. The first-order valence-electron chi connectivity index (χ1n) is 5.00. The van der Waals surface area contributed by atoms with Crippen LogP contribution in [-0.2, 0) is 0 Å². The Kier molecular flexibility index (Phi) is 12.0. The van der Waals surface area contributed by atoms with E-state index in [-0.39, 0.29) is 40.8 Å². The first-order chi connectivity index (χ1) is 7.50. The molecule has 1 heteroatoms. The van der Waals surface area contributed by atoms with Crippen molar-refractivity contribution >= 4 is 0 Å². The van der Waals surface area contributed by atoms with Crippen molar-refractivity contribution in [1.82, 2.24) is 0 Å². The molecule has 0 heterocycles. The van der Waals surface area contributed by atoms with Crippen molar-refractivity contribution in [3.63, 3.8) is 0 Å². The fourth-order valence-corrected chi connectivity index (χ4v) is 0.962. The predicted molar refractivity (Wildman–Crippen MR) is 66.1 cm³/mol. The third kappa shape index (κ3) is 9.94. The van der Waals surface area contributed by atoms with Crippen molar-refractivity contribution in [2.45, 2.75) is 0 Å². The van der Waals surface area contributed by atoms with Crippen LogP contribution in [-0.4, -0.2) is 0 Å². The van der Waals surface area contributed by atoms with Crippen LogP contribution in [0.2, 0.25) is 0 Å². The van der Waals surface area contributed by atoms with Crippen LogP contribution in [0.15, 0.2) is 91.0 Å². The third-order valence-corrected chi connectivity index (χ3v) is 1.67. The van der Waals surface area contributed by atoms with Gasteiger partial charge >= 0.3 is 0 Å². The molecule has 0 bridgehead atoms. The molecule has 0 fully saturated rings. The number of hydrogen-bond acceptors (Lipinski definition) is 0. The molecule has 0 amide bonds. The third-order valence-electron chi connectivity index (χ3n) is 1.67. The van der Waals surface area contributed by atoms with Gasteiger partial charge in [-0.2, -0.15) is 36.4 Å². The van der Waals surface area contributed by atoms with Gasteiger partial charge in [0, 0.05) is 40.8 Å². The van der Waals surface area contributed by atoms with Gasteiger partial charge in [-0.25, -0.2) is 24.3 Å². The van der Waals surface area contributed by atoms with Gasteiger partial charge in [-0.05, 0) is 0 Å². The second-order valence-corrected chi connectivity index (χ2v) is 2.89. The SMILES string of the molecule is [Nd].[cH-]1[cH-][cH-][cH-][cH-]1.c1cc[cH-]c1.c1cc[cH-]c1. The van der Waals surface area contributed by atoms with E-state index in [1.165, 1.54) is 0 Å². The number of hydrogen-bond donors (Lipinski definition) is 0. The summed E-state index contributed by atoms with van der Waals surface area (Å²) in [6, 6.07) is 30.0. The topological polar surface area (TPSA) is 0 Å². The van der Waals surface area contributed by atoms with Gasteiger partial charge in [-0.1, -0.05) is 0 Å². The Hall–Kier alpha value is -0.599. The standard InChI is InChI=1S/3C5H5.Nd/c3*1-2-4-5-3-1;/h3*1-5H;/q-5;2*-1;. The summed E-state index contributed by atoms with van der Waals surface area (Å²) in [7, 11) is 0. The fourth-order valence-electron chi connectivity index (χ4n) is 0.962. The molecule has 3 rings (SSSR count). The fraction of sp³-hybridized carbons (Fsp3) is 0. The maximum atomic E-state index is 2.00. The van der Waals surface area contributed by atoms with Crippen LogP contribution in [0.5, 0.6) is 0 Å². The van der Waals surface area contributed by atoms with Gasteiger partial charge in [0.05, 0.1) is 0 Å². The zero-order chi connectivity index (χ0) is 10.6. The van der Waals surface area contributed by atoms with Crippen molar-refractivity contribution in [1.29, 1.82) is 0 Å². The van der Waals surface area contributed by atoms with Gasteiger partial charge in [0.25, 0.3) is 0 Å². The minimum absolute atomic E-state index is 0. The van der Waals surface area contributed by atoms with Crippen LogP contribution in [0, 0.1) is 40.8 Å². The largest absolute Gasteiger partial charge is 0.748 e. The van der Waals surface area contributed by atoms with Crippen LogP contribution in [0.1, 0.15) is 0 Å². The van der Waals surface area contributed by atoms with E-state index < -0.39 is 0 Å². The Morgan fingerprint density at radius 1 is 0.438 bits per heavy atom. The Morgan fingerprint density at radius 3 is 0.812 bits per heavy atom. The summed E-state index contributed by atoms with van der Waals surface area (Å²) in [6.45, 7) is 0. The molecule has 16 heavy (non-hydrogen) atoms. The van der Waals surface area contributed by atoms with E-state index in [1.54, 1.807) is 0 Å². The molecule has 0 unspecified atom stereocenters. The van der Waals surface area contributed by atoms with E-state index in [4.69, 9.17) is 0 Å². The zero-order valence-electron chi connectivity index (χ0n) is 9.16. The summed E-state index contributed by atoms with van der Waals surface area (Å²) < 4.78 is 0. The van der Waals surface area contributed by atoms with Crippen LogP contribution in [0.4, 0.5) is 0 Å². The van der Waals surface area contributed by atoms with E-state index in [0.717, 1.165) is 0 Å². The van der Waals surface area contributed by atoms with Crippen molar-refractivity contribution in [3.8, 4) is 0 Å².